The van der Waals surface area contributed by atoms with Crippen molar-refractivity contribution in [3.8, 4) is 0 Å². The fraction of sp³-hybridized carbons (Fsp3) is 0.522. The quantitative estimate of drug-likeness (QED) is 0.550. The molecule has 0 aliphatic carbocycles. The minimum absolute atomic E-state index is 0.0328. The molecule has 0 spiro atoms. The number of rotatable bonds is 10. The Bertz CT molecular complexity index is 897. The molecule has 2 aromatic heterocycles. The zero-order chi connectivity index (χ0) is 20.7. The number of nitrogens with one attached hydrogen (secondary N) is 2. The fourth-order valence-corrected chi connectivity index (χ4v) is 3.44. The maximum Gasteiger partial charge on any atom is 0.307 e. The van der Waals surface area contributed by atoms with Crippen LogP contribution in [-0.2, 0) is 17.6 Å². The van der Waals surface area contributed by atoms with Crippen molar-refractivity contribution < 1.29 is 14.4 Å². The zero-order valence-corrected chi connectivity index (χ0v) is 18.1. The highest BCUT2D eigenvalue weighted by Crippen LogP contribution is 2.14. The van der Waals surface area contributed by atoms with Gasteiger partial charge in [-0.15, -0.1) is 0 Å². The molecule has 154 valence electrons. The van der Waals surface area contributed by atoms with Crippen molar-refractivity contribution >= 4 is 18.1 Å². The maximum atomic E-state index is 10.9. The summed E-state index contributed by atoms with van der Waals surface area (Å²) in [5.74, 6) is -0.810. The van der Waals surface area contributed by atoms with E-state index in [-0.39, 0.29) is 6.42 Å². The highest BCUT2D eigenvalue weighted by Gasteiger charge is 2.10. The topological polar surface area (TPSA) is 68.9 Å². The lowest BCUT2D eigenvalue weighted by Crippen LogP contribution is -2.35. The zero-order valence-electron chi connectivity index (χ0n) is 18.1. The van der Waals surface area contributed by atoms with E-state index in [0.717, 1.165) is 59.5 Å². The van der Waals surface area contributed by atoms with Crippen molar-refractivity contribution in [2.24, 2.45) is 0 Å². The number of aromatic nitrogens is 2. The average Bonchev–Trinajstić information content (AvgIpc) is 3.13. The van der Waals surface area contributed by atoms with Crippen molar-refractivity contribution in [3.63, 3.8) is 0 Å². The number of nitrogens with zero attached hydrogens (tertiary/aromatic N) is 1. The Kier molecular flexibility index (Phi) is 7.69. The molecule has 28 heavy (non-hydrogen) atoms. The molecule has 0 saturated carbocycles. The number of aromatic amines is 2. The second-order valence-electron chi connectivity index (χ2n) is 8.72. The summed E-state index contributed by atoms with van der Waals surface area (Å²) in [5.41, 5.74) is 4.93. The van der Waals surface area contributed by atoms with Crippen molar-refractivity contribution in [1.29, 1.82) is 0 Å². The van der Waals surface area contributed by atoms with Gasteiger partial charge in [-0.05, 0) is 61.6 Å². The standard InChI is InChI=1S/C23H35N3O2/c1-6-7-9-19-15-20(11-12-23(27)28)25-22(19)16-21-18(14-17(2)24-21)10-8-13-26(3,4)5/h11,14-16,24-25H,6-10,12-13H2,1-5H3/p+1/b20-11+,22-16-. The van der Waals surface area contributed by atoms with E-state index in [2.05, 4.69) is 63.2 Å². The van der Waals surface area contributed by atoms with Gasteiger partial charge in [0, 0.05) is 28.5 Å². The number of H-pyrrole nitrogens is 2. The van der Waals surface area contributed by atoms with Gasteiger partial charge in [0.2, 0.25) is 0 Å². The maximum absolute atomic E-state index is 10.9. The van der Waals surface area contributed by atoms with Crippen LogP contribution in [0.4, 0.5) is 0 Å². The number of hydrogen-bond donors (Lipinski definition) is 3. The SMILES string of the molecule is CCCCc1c/c(=C\CC(=O)O)[nH]/c1=C\c1[nH]c(C)cc1CCC[N+](C)(C)C. The van der Waals surface area contributed by atoms with Crippen LogP contribution in [-0.4, -0.2) is 53.2 Å². The van der Waals surface area contributed by atoms with Gasteiger partial charge in [0.15, 0.2) is 0 Å². The Balaban J connectivity index is 2.35. The number of carbonyl (C=O) groups is 1. The van der Waals surface area contributed by atoms with Crippen molar-refractivity contribution in [2.45, 2.75) is 52.4 Å². The summed E-state index contributed by atoms with van der Waals surface area (Å²) in [6.45, 7) is 5.43. The van der Waals surface area contributed by atoms with Crippen LogP contribution in [0.1, 0.15) is 55.1 Å². The van der Waals surface area contributed by atoms with E-state index >= 15 is 0 Å². The first-order chi connectivity index (χ1) is 13.2. The summed E-state index contributed by atoms with van der Waals surface area (Å²) in [5, 5.41) is 10.9. The molecule has 0 bridgehead atoms. The number of unbranched alkanes of at least 4 members (excludes halogenated alkanes) is 1. The van der Waals surface area contributed by atoms with E-state index in [1.165, 1.54) is 16.8 Å². The normalized spacial score (nSPS) is 13.5. The molecule has 0 unspecified atom stereocenters. The fourth-order valence-electron chi connectivity index (χ4n) is 3.44. The summed E-state index contributed by atoms with van der Waals surface area (Å²) in [6, 6.07) is 4.34. The van der Waals surface area contributed by atoms with Gasteiger partial charge in [-0.3, -0.25) is 4.79 Å². The number of aliphatic carboxylic acids is 1. The third kappa shape index (κ3) is 7.04. The molecule has 0 radical (unpaired) electrons. The first-order valence-electron chi connectivity index (χ1n) is 10.3. The van der Waals surface area contributed by atoms with E-state index < -0.39 is 5.97 Å². The molecule has 0 fully saturated rings. The minimum Gasteiger partial charge on any atom is -0.481 e. The lowest BCUT2D eigenvalue weighted by atomic mass is 10.1. The Morgan fingerprint density at radius 1 is 1.11 bits per heavy atom. The van der Waals surface area contributed by atoms with Crippen LogP contribution in [0.2, 0.25) is 0 Å². The molecule has 5 nitrogen and oxygen atoms in total. The summed E-state index contributed by atoms with van der Waals surface area (Å²) < 4.78 is 0.975. The first kappa shape index (κ1) is 22.0. The van der Waals surface area contributed by atoms with Crippen LogP contribution in [0, 0.1) is 6.92 Å². The molecule has 0 aliphatic heterocycles. The molecule has 2 rings (SSSR count). The van der Waals surface area contributed by atoms with Gasteiger partial charge in [-0.2, -0.15) is 0 Å². The van der Waals surface area contributed by atoms with Crippen molar-refractivity contribution in [3.05, 3.63) is 45.3 Å². The van der Waals surface area contributed by atoms with E-state index in [4.69, 9.17) is 5.11 Å². The van der Waals surface area contributed by atoms with Crippen molar-refractivity contribution in [1.82, 2.24) is 9.97 Å². The van der Waals surface area contributed by atoms with Gasteiger partial charge in [0.25, 0.3) is 0 Å². The van der Waals surface area contributed by atoms with Gasteiger partial charge < -0.3 is 19.6 Å². The van der Waals surface area contributed by atoms with Crippen molar-refractivity contribution in [2.75, 3.05) is 27.7 Å². The predicted molar refractivity (Wildman–Crippen MR) is 116 cm³/mol. The van der Waals surface area contributed by atoms with Gasteiger partial charge >= 0.3 is 5.97 Å². The summed E-state index contributed by atoms with van der Waals surface area (Å²) in [7, 11) is 6.68. The Morgan fingerprint density at radius 2 is 1.82 bits per heavy atom. The molecule has 0 aromatic carbocycles. The Labute approximate surface area is 168 Å². The molecule has 0 atom stereocenters. The minimum atomic E-state index is -0.810. The Hall–Kier alpha value is -2.27. The molecule has 2 aromatic rings. The smallest absolute Gasteiger partial charge is 0.307 e. The summed E-state index contributed by atoms with van der Waals surface area (Å²) >= 11 is 0. The van der Waals surface area contributed by atoms with Crippen LogP contribution in [0.3, 0.4) is 0 Å². The number of carboxylic acid groups (broad SMARTS) is 1. The van der Waals surface area contributed by atoms with E-state index in [9.17, 15) is 4.79 Å². The van der Waals surface area contributed by atoms with Crippen LogP contribution >= 0.6 is 0 Å². The first-order valence-corrected chi connectivity index (χ1v) is 10.3. The number of carboxylic acids is 1. The molecule has 2 heterocycles. The molecule has 0 aliphatic rings. The third-order valence-electron chi connectivity index (χ3n) is 4.88. The lowest BCUT2D eigenvalue weighted by Gasteiger charge is -2.23. The predicted octanol–water partition coefficient (Wildman–Crippen LogP) is 2.72. The molecular weight excluding hydrogens is 350 g/mol. The van der Waals surface area contributed by atoms with Crippen LogP contribution < -0.4 is 10.7 Å². The Morgan fingerprint density at radius 3 is 2.46 bits per heavy atom. The van der Waals surface area contributed by atoms with Gasteiger partial charge in [0.05, 0.1) is 34.1 Å². The average molecular weight is 387 g/mol. The highest BCUT2D eigenvalue weighted by atomic mass is 16.4. The summed E-state index contributed by atoms with van der Waals surface area (Å²) in [4.78, 5) is 17.8. The second kappa shape index (κ2) is 9.78. The van der Waals surface area contributed by atoms with Gasteiger partial charge in [-0.1, -0.05) is 13.3 Å². The van der Waals surface area contributed by atoms with Crippen LogP contribution in [0.5, 0.6) is 0 Å². The van der Waals surface area contributed by atoms with Crippen LogP contribution in [0.15, 0.2) is 12.1 Å². The number of quaternary nitrogens is 1. The molecule has 0 amide bonds. The van der Waals surface area contributed by atoms with Gasteiger partial charge in [-0.25, -0.2) is 0 Å². The van der Waals surface area contributed by atoms with E-state index in [1.807, 2.05) is 0 Å². The molecule has 5 heteroatoms. The van der Waals surface area contributed by atoms with Gasteiger partial charge in [0.1, 0.15) is 0 Å². The lowest BCUT2D eigenvalue weighted by molar-refractivity contribution is -0.870. The van der Waals surface area contributed by atoms with Crippen LogP contribution in [0.25, 0.3) is 12.2 Å². The second-order valence-corrected chi connectivity index (χ2v) is 8.72. The molecular formula is C23H36N3O2+. The summed E-state index contributed by atoms with van der Waals surface area (Å²) in [6.07, 6.45) is 9.42. The third-order valence-corrected chi connectivity index (χ3v) is 4.88. The van der Waals surface area contributed by atoms with E-state index in [0.29, 0.717) is 0 Å². The highest BCUT2D eigenvalue weighted by molar-refractivity contribution is 5.72. The molecule has 0 saturated heterocycles. The monoisotopic (exact) mass is 386 g/mol. The van der Waals surface area contributed by atoms with E-state index in [1.54, 1.807) is 6.08 Å². The number of hydrogen-bond acceptors (Lipinski definition) is 1. The number of aryl methyl sites for hydroxylation is 3. The largest absolute Gasteiger partial charge is 0.481 e. The molecule has 3 N–H and O–H groups in total.